The van der Waals surface area contributed by atoms with E-state index in [2.05, 4.69) is 25.8 Å². The minimum absolute atomic E-state index is 0.0986. The van der Waals surface area contributed by atoms with Crippen LogP contribution in [0.25, 0.3) is 0 Å². The molecule has 3 amide bonds. The molecule has 1 rings (SSSR count). The van der Waals surface area contributed by atoms with Gasteiger partial charge in [-0.25, -0.2) is 9.78 Å². The Hall–Kier alpha value is -2.12. The van der Waals surface area contributed by atoms with Crippen LogP contribution >= 0.6 is 0 Å². The molecule has 0 radical (unpaired) electrons. The molecule has 94 valence electrons. The first-order valence-electron chi connectivity index (χ1n) is 5.13. The minimum Gasteiger partial charge on any atom is -0.347 e. The Morgan fingerprint density at radius 1 is 1.29 bits per heavy atom. The number of amides is 3. The van der Waals surface area contributed by atoms with E-state index in [0.29, 0.717) is 18.9 Å². The van der Waals surface area contributed by atoms with Gasteiger partial charge in [-0.3, -0.25) is 9.89 Å². The zero-order valence-corrected chi connectivity index (χ0v) is 10.1. The second-order valence-corrected chi connectivity index (χ2v) is 3.63. The number of aromatic amines is 1. The number of carbonyl (C=O) groups is 2. The summed E-state index contributed by atoms with van der Waals surface area (Å²) < 4.78 is 0. The number of H-pyrrole nitrogens is 1. The summed E-state index contributed by atoms with van der Waals surface area (Å²) >= 11 is 0. The molecule has 1 heterocycles. The van der Waals surface area contributed by atoms with Gasteiger partial charge in [0.25, 0.3) is 5.91 Å². The van der Waals surface area contributed by atoms with Crippen LogP contribution in [-0.2, 0) is 0 Å². The standard InChI is InChI=1S/C9H16N6O2/c1-6-12-7(14-13-6)8(16)10-4-5-11-9(17)15(2)3/h4-5H2,1-3H3,(H,10,16)(H,11,17)(H,12,13,14). The van der Waals surface area contributed by atoms with E-state index < -0.39 is 0 Å². The van der Waals surface area contributed by atoms with Crippen molar-refractivity contribution in [2.75, 3.05) is 27.2 Å². The molecule has 3 N–H and O–H groups in total. The van der Waals surface area contributed by atoms with Crippen molar-refractivity contribution >= 4 is 11.9 Å². The molecule has 0 unspecified atom stereocenters. The molecule has 0 aliphatic heterocycles. The lowest BCUT2D eigenvalue weighted by Crippen LogP contribution is -2.39. The van der Waals surface area contributed by atoms with E-state index in [-0.39, 0.29) is 17.8 Å². The van der Waals surface area contributed by atoms with Gasteiger partial charge in [-0.05, 0) is 6.92 Å². The topological polar surface area (TPSA) is 103 Å². The van der Waals surface area contributed by atoms with Crippen LogP contribution in [0.4, 0.5) is 4.79 Å². The van der Waals surface area contributed by atoms with Gasteiger partial charge in [-0.15, -0.1) is 5.10 Å². The predicted molar refractivity (Wildman–Crippen MR) is 60.5 cm³/mol. The number of nitrogens with one attached hydrogen (secondary N) is 3. The van der Waals surface area contributed by atoms with Crippen LogP contribution in [0.1, 0.15) is 16.4 Å². The monoisotopic (exact) mass is 240 g/mol. The Kier molecular flexibility index (Phi) is 4.44. The SMILES string of the molecule is Cc1nc(C(=O)NCCNC(=O)N(C)C)n[nH]1. The molecule has 0 aromatic carbocycles. The molecule has 8 nitrogen and oxygen atoms in total. The van der Waals surface area contributed by atoms with Gasteiger partial charge in [-0.2, -0.15) is 0 Å². The lowest BCUT2D eigenvalue weighted by atomic mass is 10.5. The highest BCUT2D eigenvalue weighted by atomic mass is 16.2. The van der Waals surface area contributed by atoms with Gasteiger partial charge >= 0.3 is 6.03 Å². The van der Waals surface area contributed by atoms with Crippen LogP contribution < -0.4 is 10.6 Å². The second kappa shape index (κ2) is 5.83. The number of rotatable bonds is 4. The third-order valence-electron chi connectivity index (χ3n) is 1.89. The van der Waals surface area contributed by atoms with Crippen molar-refractivity contribution in [2.45, 2.75) is 6.92 Å². The fraction of sp³-hybridized carbons (Fsp3) is 0.556. The Bertz CT molecular complexity index is 400. The van der Waals surface area contributed by atoms with Gasteiger partial charge in [0.05, 0.1) is 0 Å². The summed E-state index contributed by atoms with van der Waals surface area (Å²) in [7, 11) is 3.29. The van der Waals surface area contributed by atoms with Crippen molar-refractivity contribution < 1.29 is 9.59 Å². The molecule has 0 aliphatic rings. The Balaban J connectivity index is 2.23. The van der Waals surface area contributed by atoms with E-state index in [1.54, 1.807) is 21.0 Å². The fourth-order valence-electron chi connectivity index (χ4n) is 1.03. The number of hydrogen-bond donors (Lipinski definition) is 3. The molecule has 1 aromatic rings. The Labute approximate surface area is 98.8 Å². The minimum atomic E-state index is -0.367. The molecule has 0 aliphatic carbocycles. The third-order valence-corrected chi connectivity index (χ3v) is 1.89. The van der Waals surface area contributed by atoms with E-state index in [1.165, 1.54) is 4.90 Å². The van der Waals surface area contributed by atoms with E-state index in [9.17, 15) is 9.59 Å². The van der Waals surface area contributed by atoms with Gasteiger partial charge in [0.2, 0.25) is 5.82 Å². The summed E-state index contributed by atoms with van der Waals surface area (Å²) in [5.41, 5.74) is 0. The number of carbonyl (C=O) groups excluding carboxylic acids is 2. The maximum absolute atomic E-state index is 11.5. The first-order chi connectivity index (χ1) is 8.00. The van der Waals surface area contributed by atoms with Gasteiger partial charge in [0.15, 0.2) is 0 Å². The number of aryl methyl sites for hydroxylation is 1. The van der Waals surface area contributed by atoms with Crippen molar-refractivity contribution in [2.24, 2.45) is 0 Å². The van der Waals surface area contributed by atoms with E-state index in [1.807, 2.05) is 0 Å². The van der Waals surface area contributed by atoms with Crippen LogP contribution in [0.3, 0.4) is 0 Å². The highest BCUT2D eigenvalue weighted by Gasteiger charge is 2.10. The molecular formula is C9H16N6O2. The highest BCUT2D eigenvalue weighted by Crippen LogP contribution is 1.89. The Morgan fingerprint density at radius 3 is 2.47 bits per heavy atom. The smallest absolute Gasteiger partial charge is 0.316 e. The van der Waals surface area contributed by atoms with Crippen LogP contribution in [-0.4, -0.2) is 59.2 Å². The Morgan fingerprint density at radius 2 is 1.94 bits per heavy atom. The fourth-order valence-corrected chi connectivity index (χ4v) is 1.03. The second-order valence-electron chi connectivity index (χ2n) is 3.63. The summed E-state index contributed by atoms with van der Waals surface area (Å²) in [6.45, 7) is 2.39. The van der Waals surface area contributed by atoms with Crippen LogP contribution in [0, 0.1) is 6.92 Å². The average molecular weight is 240 g/mol. The number of aromatic nitrogens is 3. The molecule has 8 heteroatoms. The number of urea groups is 1. The summed E-state index contributed by atoms with van der Waals surface area (Å²) in [6.07, 6.45) is 0. The maximum atomic E-state index is 11.5. The highest BCUT2D eigenvalue weighted by molar-refractivity contribution is 5.90. The molecule has 0 fully saturated rings. The lowest BCUT2D eigenvalue weighted by molar-refractivity contribution is 0.0943. The summed E-state index contributed by atoms with van der Waals surface area (Å²) in [6, 6.07) is -0.201. The lowest BCUT2D eigenvalue weighted by Gasteiger charge is -2.11. The van der Waals surface area contributed by atoms with Crippen LogP contribution in [0.2, 0.25) is 0 Å². The number of hydrogen-bond acceptors (Lipinski definition) is 4. The van der Waals surface area contributed by atoms with Gasteiger partial charge in [-0.1, -0.05) is 0 Å². The molecule has 0 saturated carbocycles. The molecular weight excluding hydrogens is 224 g/mol. The van der Waals surface area contributed by atoms with E-state index >= 15 is 0 Å². The van der Waals surface area contributed by atoms with Crippen molar-refractivity contribution in [3.63, 3.8) is 0 Å². The van der Waals surface area contributed by atoms with Crippen molar-refractivity contribution in [3.8, 4) is 0 Å². The third kappa shape index (κ3) is 4.09. The van der Waals surface area contributed by atoms with Crippen LogP contribution in [0.15, 0.2) is 0 Å². The largest absolute Gasteiger partial charge is 0.347 e. The zero-order chi connectivity index (χ0) is 12.8. The normalized spacial score (nSPS) is 9.82. The van der Waals surface area contributed by atoms with Gasteiger partial charge in [0, 0.05) is 27.2 Å². The van der Waals surface area contributed by atoms with Crippen molar-refractivity contribution in [1.29, 1.82) is 0 Å². The first-order valence-corrected chi connectivity index (χ1v) is 5.13. The summed E-state index contributed by atoms with van der Waals surface area (Å²) in [4.78, 5) is 27.9. The molecule has 0 spiro atoms. The number of nitrogens with zero attached hydrogens (tertiary/aromatic N) is 3. The van der Waals surface area contributed by atoms with Gasteiger partial charge in [0.1, 0.15) is 5.82 Å². The zero-order valence-electron chi connectivity index (χ0n) is 10.1. The van der Waals surface area contributed by atoms with Crippen LogP contribution in [0.5, 0.6) is 0 Å². The molecule has 0 saturated heterocycles. The van der Waals surface area contributed by atoms with Crippen molar-refractivity contribution in [3.05, 3.63) is 11.6 Å². The summed E-state index contributed by atoms with van der Waals surface area (Å²) in [5, 5.41) is 11.5. The molecule has 17 heavy (non-hydrogen) atoms. The molecule has 1 aromatic heterocycles. The van der Waals surface area contributed by atoms with E-state index in [0.717, 1.165) is 0 Å². The van der Waals surface area contributed by atoms with Crippen molar-refractivity contribution in [1.82, 2.24) is 30.7 Å². The summed E-state index contributed by atoms with van der Waals surface area (Å²) in [5.74, 6) is 0.311. The quantitative estimate of drug-likeness (QED) is 0.594. The predicted octanol–water partition coefficient (Wildman–Crippen LogP) is -0.886. The maximum Gasteiger partial charge on any atom is 0.316 e. The van der Waals surface area contributed by atoms with Gasteiger partial charge < -0.3 is 15.5 Å². The molecule has 0 bridgehead atoms. The average Bonchev–Trinajstić information content (AvgIpc) is 2.70. The molecule has 0 atom stereocenters. The first kappa shape index (κ1) is 12.9. The van der Waals surface area contributed by atoms with E-state index in [4.69, 9.17) is 0 Å².